The number of aliphatic hydroxyl groups excluding tert-OH is 1. The zero-order chi connectivity index (χ0) is 19.1. The number of thioether (sulfide) groups is 1. The Morgan fingerprint density at radius 3 is 2.48 bits per heavy atom. The normalized spacial score (nSPS) is 13.1. The van der Waals surface area contributed by atoms with Crippen LogP contribution in [0.15, 0.2) is 77.7 Å². The molecule has 0 aliphatic carbocycles. The third kappa shape index (κ3) is 5.74. The SMILES string of the molecule is CC(O)C(CSc1ccc2ccccc2c1)NC(=O)OCc1ccccc1. The van der Waals surface area contributed by atoms with E-state index in [1.807, 2.05) is 42.5 Å². The molecule has 1 amide bonds. The lowest BCUT2D eigenvalue weighted by atomic mass is 10.1. The molecule has 0 aliphatic heterocycles. The molecule has 27 heavy (non-hydrogen) atoms. The van der Waals surface area contributed by atoms with Crippen molar-refractivity contribution in [1.29, 1.82) is 0 Å². The number of ether oxygens (including phenoxy) is 1. The van der Waals surface area contributed by atoms with Gasteiger partial charge in [-0.2, -0.15) is 0 Å². The summed E-state index contributed by atoms with van der Waals surface area (Å²) in [6, 6.07) is 23.5. The fourth-order valence-electron chi connectivity index (χ4n) is 2.66. The number of hydrogen-bond acceptors (Lipinski definition) is 4. The van der Waals surface area contributed by atoms with Gasteiger partial charge in [0.1, 0.15) is 6.61 Å². The summed E-state index contributed by atoms with van der Waals surface area (Å²) in [6.45, 7) is 1.88. The lowest BCUT2D eigenvalue weighted by Gasteiger charge is -2.21. The van der Waals surface area contributed by atoms with Gasteiger partial charge in [0.2, 0.25) is 0 Å². The Labute approximate surface area is 163 Å². The minimum absolute atomic E-state index is 0.205. The van der Waals surface area contributed by atoms with Crippen LogP contribution in [0.5, 0.6) is 0 Å². The van der Waals surface area contributed by atoms with Crippen LogP contribution in [0.3, 0.4) is 0 Å². The highest BCUT2D eigenvalue weighted by Gasteiger charge is 2.19. The molecule has 0 saturated heterocycles. The Hall–Kier alpha value is -2.50. The minimum atomic E-state index is -0.678. The number of amides is 1. The summed E-state index contributed by atoms with van der Waals surface area (Å²) < 4.78 is 5.25. The number of fused-ring (bicyclic) bond motifs is 1. The fourth-order valence-corrected chi connectivity index (χ4v) is 3.77. The molecular formula is C22H23NO3S. The summed E-state index contributed by atoms with van der Waals surface area (Å²) in [7, 11) is 0. The highest BCUT2D eigenvalue weighted by molar-refractivity contribution is 7.99. The molecule has 0 fully saturated rings. The summed E-state index contributed by atoms with van der Waals surface area (Å²) in [5.41, 5.74) is 0.923. The number of carbonyl (C=O) groups is 1. The van der Waals surface area contributed by atoms with Gasteiger partial charge in [0.15, 0.2) is 0 Å². The van der Waals surface area contributed by atoms with Gasteiger partial charge < -0.3 is 15.2 Å². The second kappa shape index (κ2) is 9.44. The van der Waals surface area contributed by atoms with Crippen molar-refractivity contribution in [1.82, 2.24) is 5.32 Å². The maximum atomic E-state index is 12.1. The van der Waals surface area contributed by atoms with Gasteiger partial charge in [-0.3, -0.25) is 0 Å². The minimum Gasteiger partial charge on any atom is -0.445 e. The third-order valence-electron chi connectivity index (χ3n) is 4.25. The van der Waals surface area contributed by atoms with E-state index < -0.39 is 18.2 Å². The molecule has 0 aromatic heterocycles. The standard InChI is InChI=1S/C22H23NO3S/c1-16(24)21(23-22(25)26-14-17-7-3-2-4-8-17)15-27-20-12-11-18-9-5-6-10-19(18)13-20/h2-13,16,21,24H,14-15H2,1H3,(H,23,25). The molecule has 0 aliphatic rings. The van der Waals surface area contributed by atoms with Crippen molar-refractivity contribution in [2.45, 2.75) is 30.6 Å². The van der Waals surface area contributed by atoms with Gasteiger partial charge in [0.05, 0.1) is 12.1 Å². The molecule has 0 saturated carbocycles. The van der Waals surface area contributed by atoms with Gasteiger partial charge in [-0.15, -0.1) is 11.8 Å². The van der Waals surface area contributed by atoms with Crippen molar-refractivity contribution in [3.05, 3.63) is 78.4 Å². The zero-order valence-corrected chi connectivity index (χ0v) is 16.0. The van der Waals surface area contributed by atoms with Crippen molar-refractivity contribution >= 4 is 28.6 Å². The number of carbonyl (C=O) groups excluding carboxylic acids is 1. The van der Waals surface area contributed by atoms with Gasteiger partial charge >= 0.3 is 6.09 Å². The molecule has 2 N–H and O–H groups in total. The number of hydrogen-bond donors (Lipinski definition) is 2. The quantitative estimate of drug-likeness (QED) is 0.587. The average Bonchev–Trinajstić information content (AvgIpc) is 2.70. The van der Waals surface area contributed by atoms with E-state index in [-0.39, 0.29) is 6.61 Å². The Kier molecular flexibility index (Phi) is 6.74. The predicted molar refractivity (Wildman–Crippen MR) is 110 cm³/mol. The Bertz CT molecular complexity index is 883. The molecule has 0 heterocycles. The van der Waals surface area contributed by atoms with Crippen molar-refractivity contribution in [2.24, 2.45) is 0 Å². The van der Waals surface area contributed by atoms with Crippen molar-refractivity contribution < 1.29 is 14.6 Å². The van der Waals surface area contributed by atoms with E-state index in [4.69, 9.17) is 4.74 Å². The number of aliphatic hydroxyl groups is 1. The van der Waals surface area contributed by atoms with E-state index >= 15 is 0 Å². The van der Waals surface area contributed by atoms with E-state index in [1.165, 1.54) is 10.8 Å². The molecule has 3 aromatic rings. The zero-order valence-electron chi connectivity index (χ0n) is 15.2. The molecule has 3 aromatic carbocycles. The predicted octanol–water partition coefficient (Wildman–Crippen LogP) is 4.61. The molecule has 2 unspecified atom stereocenters. The second-order valence-corrected chi connectivity index (χ2v) is 7.47. The molecular weight excluding hydrogens is 358 g/mol. The third-order valence-corrected chi connectivity index (χ3v) is 5.36. The van der Waals surface area contributed by atoms with E-state index in [1.54, 1.807) is 18.7 Å². The first-order valence-corrected chi connectivity index (χ1v) is 9.87. The van der Waals surface area contributed by atoms with Crippen LogP contribution in [0.4, 0.5) is 4.79 Å². The number of benzene rings is 3. The summed E-state index contributed by atoms with van der Waals surface area (Å²) in [5.74, 6) is 0.552. The summed E-state index contributed by atoms with van der Waals surface area (Å²) in [6.07, 6.45) is -1.20. The molecule has 0 spiro atoms. The van der Waals surface area contributed by atoms with E-state index in [0.29, 0.717) is 5.75 Å². The van der Waals surface area contributed by atoms with Gasteiger partial charge in [-0.1, -0.05) is 60.7 Å². The van der Waals surface area contributed by atoms with Crippen LogP contribution in [-0.4, -0.2) is 29.1 Å². The molecule has 0 bridgehead atoms. The Balaban J connectivity index is 1.54. The van der Waals surface area contributed by atoms with Gasteiger partial charge in [0.25, 0.3) is 0 Å². The molecule has 5 heteroatoms. The summed E-state index contributed by atoms with van der Waals surface area (Å²) in [5, 5.41) is 15.1. The van der Waals surface area contributed by atoms with E-state index in [0.717, 1.165) is 10.5 Å². The highest BCUT2D eigenvalue weighted by atomic mass is 32.2. The molecule has 2 atom stereocenters. The maximum absolute atomic E-state index is 12.1. The van der Waals surface area contributed by atoms with Gasteiger partial charge in [-0.05, 0) is 35.4 Å². The van der Waals surface area contributed by atoms with Crippen LogP contribution in [0.25, 0.3) is 10.8 Å². The number of alkyl carbamates (subject to hydrolysis) is 1. The largest absolute Gasteiger partial charge is 0.445 e. The lowest BCUT2D eigenvalue weighted by Crippen LogP contribution is -2.44. The second-order valence-electron chi connectivity index (χ2n) is 6.37. The van der Waals surface area contributed by atoms with Gasteiger partial charge in [0, 0.05) is 10.6 Å². The topological polar surface area (TPSA) is 58.6 Å². The van der Waals surface area contributed by atoms with Crippen LogP contribution in [0.1, 0.15) is 12.5 Å². The van der Waals surface area contributed by atoms with Gasteiger partial charge in [-0.25, -0.2) is 4.79 Å². The van der Waals surface area contributed by atoms with Crippen LogP contribution < -0.4 is 5.32 Å². The van der Waals surface area contributed by atoms with Crippen LogP contribution in [0, 0.1) is 0 Å². The Morgan fingerprint density at radius 2 is 1.74 bits per heavy atom. The molecule has 140 valence electrons. The first-order valence-electron chi connectivity index (χ1n) is 8.89. The van der Waals surface area contributed by atoms with Crippen LogP contribution in [0.2, 0.25) is 0 Å². The lowest BCUT2D eigenvalue weighted by molar-refractivity contribution is 0.114. The van der Waals surface area contributed by atoms with E-state index in [2.05, 4.69) is 35.6 Å². The van der Waals surface area contributed by atoms with Crippen LogP contribution in [-0.2, 0) is 11.3 Å². The summed E-state index contributed by atoms with van der Waals surface area (Å²) in [4.78, 5) is 13.2. The van der Waals surface area contributed by atoms with Crippen molar-refractivity contribution in [3.8, 4) is 0 Å². The molecule has 4 nitrogen and oxygen atoms in total. The first kappa shape index (κ1) is 19.3. The Morgan fingerprint density at radius 1 is 1.04 bits per heavy atom. The maximum Gasteiger partial charge on any atom is 0.407 e. The van der Waals surface area contributed by atoms with E-state index in [9.17, 15) is 9.90 Å². The van der Waals surface area contributed by atoms with Crippen molar-refractivity contribution in [2.75, 3.05) is 5.75 Å². The molecule has 0 radical (unpaired) electrons. The number of rotatable bonds is 7. The monoisotopic (exact) mass is 381 g/mol. The van der Waals surface area contributed by atoms with Crippen LogP contribution >= 0.6 is 11.8 Å². The summed E-state index contributed by atoms with van der Waals surface area (Å²) >= 11 is 1.60. The molecule has 3 rings (SSSR count). The first-order chi connectivity index (χ1) is 13.1. The number of nitrogens with one attached hydrogen (secondary N) is 1. The average molecular weight is 381 g/mol. The van der Waals surface area contributed by atoms with Crippen molar-refractivity contribution in [3.63, 3.8) is 0 Å². The highest BCUT2D eigenvalue weighted by Crippen LogP contribution is 2.24. The smallest absolute Gasteiger partial charge is 0.407 e. The fraction of sp³-hybridized carbons (Fsp3) is 0.227.